The van der Waals surface area contributed by atoms with Crippen molar-refractivity contribution in [3.05, 3.63) is 29.8 Å². The number of anilines is 1. The largest absolute Gasteiger partial charge is 0.482 e. The van der Waals surface area contributed by atoms with Crippen LogP contribution in [0.4, 0.5) is 5.69 Å². The van der Waals surface area contributed by atoms with Gasteiger partial charge in [0, 0.05) is 0 Å². The number of benzene rings is 1. The third kappa shape index (κ3) is 5.53. The topological polar surface area (TPSA) is 50.4 Å². The number of carbonyl (C=O) groups is 1. The Morgan fingerprint density at radius 1 is 1.27 bits per heavy atom. The van der Waals surface area contributed by atoms with Crippen molar-refractivity contribution in [3.63, 3.8) is 0 Å². The highest BCUT2D eigenvalue weighted by Gasteiger charge is 2.15. The van der Waals surface area contributed by atoms with Gasteiger partial charge in [0.1, 0.15) is 5.75 Å². The van der Waals surface area contributed by atoms with Crippen molar-refractivity contribution in [1.82, 2.24) is 5.32 Å². The van der Waals surface area contributed by atoms with Crippen LogP contribution in [0.5, 0.6) is 5.75 Å². The van der Waals surface area contributed by atoms with Gasteiger partial charge in [-0.2, -0.15) is 0 Å². The minimum absolute atomic E-state index is 0.0923. The maximum atomic E-state index is 11.3. The van der Waals surface area contributed by atoms with E-state index in [4.69, 9.17) is 4.74 Å². The lowest BCUT2D eigenvalue weighted by molar-refractivity contribution is -0.118. The fourth-order valence-corrected chi connectivity index (χ4v) is 2.41. The van der Waals surface area contributed by atoms with Gasteiger partial charge in [-0.1, -0.05) is 31.6 Å². The van der Waals surface area contributed by atoms with Gasteiger partial charge in [-0.25, -0.2) is 0 Å². The number of hydrogen-bond donors (Lipinski definition) is 2. The van der Waals surface area contributed by atoms with Gasteiger partial charge in [0.25, 0.3) is 5.91 Å². The number of unbranched alkanes of at least 4 members (excludes halogenated alkanes) is 3. The van der Waals surface area contributed by atoms with Gasteiger partial charge < -0.3 is 15.4 Å². The predicted molar refractivity (Wildman–Crippen MR) is 91.2 cm³/mol. The molecule has 0 spiro atoms. The molecule has 1 aliphatic rings. The molecule has 2 rings (SSSR count). The number of amides is 1. The quantitative estimate of drug-likeness (QED) is 0.685. The van der Waals surface area contributed by atoms with Gasteiger partial charge in [-0.3, -0.25) is 4.79 Å². The fraction of sp³-hybridized carbons (Fsp3) is 0.500. The second-order valence-electron chi connectivity index (χ2n) is 5.59. The molecule has 0 saturated heterocycles. The van der Waals surface area contributed by atoms with E-state index in [2.05, 4.69) is 29.7 Å². The second-order valence-corrected chi connectivity index (χ2v) is 5.59. The summed E-state index contributed by atoms with van der Waals surface area (Å²) in [5.74, 6) is 0.654. The Balaban J connectivity index is 1.68. The average molecular weight is 302 g/mol. The van der Waals surface area contributed by atoms with Crippen molar-refractivity contribution in [1.29, 1.82) is 0 Å². The van der Waals surface area contributed by atoms with E-state index in [0.29, 0.717) is 0 Å². The molecule has 0 radical (unpaired) electrons. The number of rotatable bonds is 9. The zero-order valence-electron chi connectivity index (χ0n) is 13.4. The van der Waals surface area contributed by atoms with Crippen LogP contribution in [0.2, 0.25) is 0 Å². The molecule has 1 aromatic carbocycles. The third-order valence-corrected chi connectivity index (χ3v) is 3.60. The van der Waals surface area contributed by atoms with Crippen molar-refractivity contribution in [2.24, 2.45) is 0 Å². The Hall–Kier alpha value is -1.81. The summed E-state index contributed by atoms with van der Waals surface area (Å²) in [5, 5.41) is 6.25. The molecule has 0 aliphatic carbocycles. The van der Waals surface area contributed by atoms with E-state index in [9.17, 15) is 4.79 Å². The minimum Gasteiger partial charge on any atom is -0.482 e. The van der Waals surface area contributed by atoms with Gasteiger partial charge in [0.15, 0.2) is 6.61 Å². The van der Waals surface area contributed by atoms with Gasteiger partial charge >= 0.3 is 0 Å². The number of carbonyl (C=O) groups excluding carboxylic acids is 1. The lowest BCUT2D eigenvalue weighted by atomic mass is 10.1. The zero-order chi connectivity index (χ0) is 15.6. The van der Waals surface area contributed by atoms with Crippen molar-refractivity contribution in [2.75, 3.05) is 25.0 Å². The highest BCUT2D eigenvalue weighted by atomic mass is 16.5. The van der Waals surface area contributed by atoms with Crippen LogP contribution >= 0.6 is 0 Å². The monoisotopic (exact) mass is 302 g/mol. The fourth-order valence-electron chi connectivity index (χ4n) is 2.41. The molecule has 2 N–H and O–H groups in total. The maximum absolute atomic E-state index is 11.3. The van der Waals surface area contributed by atoms with E-state index in [0.717, 1.165) is 36.5 Å². The van der Waals surface area contributed by atoms with Gasteiger partial charge in [0.05, 0.1) is 5.69 Å². The van der Waals surface area contributed by atoms with Crippen molar-refractivity contribution >= 4 is 17.7 Å². The Morgan fingerprint density at radius 2 is 2.18 bits per heavy atom. The first-order valence-electron chi connectivity index (χ1n) is 8.23. The zero-order valence-corrected chi connectivity index (χ0v) is 13.4. The van der Waals surface area contributed by atoms with Crippen LogP contribution in [0.15, 0.2) is 24.3 Å². The number of allylic oxidation sites excluding steroid dienone is 1. The standard InChI is InChI=1S/C18H26N2O2/c1-2-11-19-12-7-5-3-4-6-8-15-9-10-17-16(13-15)20-18(21)14-22-17/h6,8-10,13,19H,2-5,7,11-12,14H2,1H3,(H,20,21)/b8-6-. The molecule has 0 saturated carbocycles. The van der Waals surface area contributed by atoms with Crippen LogP contribution in [-0.4, -0.2) is 25.6 Å². The average Bonchev–Trinajstić information content (AvgIpc) is 2.53. The van der Waals surface area contributed by atoms with E-state index in [1.165, 1.54) is 25.7 Å². The van der Waals surface area contributed by atoms with E-state index in [-0.39, 0.29) is 12.5 Å². The molecule has 4 heteroatoms. The lowest BCUT2D eigenvalue weighted by Gasteiger charge is -2.17. The smallest absolute Gasteiger partial charge is 0.262 e. The van der Waals surface area contributed by atoms with Crippen LogP contribution in [0.25, 0.3) is 6.08 Å². The summed E-state index contributed by atoms with van der Waals surface area (Å²) in [7, 11) is 0. The number of ether oxygens (including phenoxy) is 1. The van der Waals surface area contributed by atoms with Crippen LogP contribution in [-0.2, 0) is 4.79 Å². The molecule has 0 unspecified atom stereocenters. The summed E-state index contributed by atoms with van der Waals surface area (Å²) in [4.78, 5) is 11.3. The summed E-state index contributed by atoms with van der Waals surface area (Å²) in [6.45, 7) is 4.55. The van der Waals surface area contributed by atoms with Gasteiger partial charge in [0.2, 0.25) is 0 Å². The molecule has 4 nitrogen and oxygen atoms in total. The summed E-state index contributed by atoms with van der Waals surface area (Å²) < 4.78 is 5.35. The molecule has 0 atom stereocenters. The van der Waals surface area contributed by atoms with Crippen LogP contribution in [0.3, 0.4) is 0 Å². The van der Waals surface area contributed by atoms with Gasteiger partial charge in [-0.05, 0) is 56.5 Å². The molecule has 22 heavy (non-hydrogen) atoms. The molecular weight excluding hydrogens is 276 g/mol. The molecular formula is C18H26N2O2. The van der Waals surface area contributed by atoms with Crippen LogP contribution < -0.4 is 15.4 Å². The van der Waals surface area contributed by atoms with E-state index in [1.807, 2.05) is 18.2 Å². The normalized spacial score (nSPS) is 13.8. The molecule has 120 valence electrons. The first kappa shape index (κ1) is 16.6. The Labute approximate surface area is 132 Å². The second kappa shape index (κ2) is 9.26. The van der Waals surface area contributed by atoms with Crippen molar-refractivity contribution < 1.29 is 9.53 Å². The van der Waals surface area contributed by atoms with Crippen LogP contribution in [0.1, 0.15) is 44.6 Å². The molecule has 1 aromatic rings. The highest BCUT2D eigenvalue weighted by Crippen LogP contribution is 2.28. The van der Waals surface area contributed by atoms with Gasteiger partial charge in [-0.15, -0.1) is 0 Å². The molecule has 0 aromatic heterocycles. The van der Waals surface area contributed by atoms with Crippen molar-refractivity contribution in [2.45, 2.75) is 39.0 Å². The predicted octanol–water partition coefficient (Wildman–Crippen LogP) is 3.59. The summed E-state index contributed by atoms with van der Waals surface area (Å²) in [6, 6.07) is 5.88. The first-order valence-corrected chi connectivity index (χ1v) is 8.23. The number of nitrogens with one attached hydrogen (secondary N) is 2. The molecule has 1 aliphatic heterocycles. The molecule has 1 amide bonds. The van der Waals surface area contributed by atoms with E-state index < -0.39 is 0 Å². The molecule has 0 bridgehead atoms. The molecule has 0 fully saturated rings. The molecule has 1 heterocycles. The lowest BCUT2D eigenvalue weighted by Crippen LogP contribution is -2.25. The van der Waals surface area contributed by atoms with E-state index >= 15 is 0 Å². The number of hydrogen-bond acceptors (Lipinski definition) is 3. The Morgan fingerprint density at radius 3 is 3.05 bits per heavy atom. The summed E-state index contributed by atoms with van der Waals surface area (Å²) in [5.41, 5.74) is 1.86. The number of fused-ring (bicyclic) bond motifs is 1. The first-order chi connectivity index (χ1) is 10.8. The Bertz CT molecular complexity index is 512. The SMILES string of the molecule is CCCNCCCCC/C=C\c1ccc2c(c1)NC(=O)CO2. The minimum atomic E-state index is -0.0923. The summed E-state index contributed by atoms with van der Waals surface area (Å²) >= 11 is 0. The maximum Gasteiger partial charge on any atom is 0.262 e. The van der Waals surface area contributed by atoms with E-state index in [1.54, 1.807) is 0 Å². The van der Waals surface area contributed by atoms with Crippen LogP contribution in [0, 0.1) is 0 Å². The third-order valence-electron chi connectivity index (χ3n) is 3.60. The Kier molecular flexibility index (Phi) is 6.97. The highest BCUT2D eigenvalue weighted by molar-refractivity contribution is 5.95. The summed E-state index contributed by atoms with van der Waals surface area (Å²) in [6.07, 6.45) is 10.3. The van der Waals surface area contributed by atoms with Crippen molar-refractivity contribution in [3.8, 4) is 5.75 Å².